The molecule has 1 heterocycles. The van der Waals surface area contributed by atoms with Crippen LogP contribution in [0.25, 0.3) is 0 Å². The van der Waals surface area contributed by atoms with Gasteiger partial charge < -0.3 is 19.5 Å². The number of carboxylic acid groups (broad SMARTS) is 1. The number of carbonyl (C=O) groups is 3. The van der Waals surface area contributed by atoms with Crippen LogP contribution < -0.4 is 0 Å². The molecule has 1 atom stereocenters. The Morgan fingerprint density at radius 2 is 1.85 bits per heavy atom. The molecule has 1 saturated heterocycles. The highest BCUT2D eigenvalue weighted by atomic mass is 16.6. The molecule has 0 saturated carbocycles. The van der Waals surface area contributed by atoms with E-state index >= 15 is 0 Å². The van der Waals surface area contributed by atoms with Gasteiger partial charge in [-0.15, -0.1) is 0 Å². The molecule has 1 aromatic rings. The van der Waals surface area contributed by atoms with Crippen molar-refractivity contribution in [2.75, 3.05) is 13.1 Å². The Balaban J connectivity index is 2.02. The van der Waals surface area contributed by atoms with Crippen LogP contribution >= 0.6 is 0 Å². The van der Waals surface area contributed by atoms with Crippen LogP contribution in [-0.2, 0) is 25.7 Å². The summed E-state index contributed by atoms with van der Waals surface area (Å²) >= 11 is 0. The van der Waals surface area contributed by atoms with Crippen LogP contribution in [0.15, 0.2) is 30.3 Å². The van der Waals surface area contributed by atoms with Crippen LogP contribution in [0.1, 0.15) is 45.6 Å². The maximum atomic E-state index is 12.4. The molecule has 1 N–H and O–H groups in total. The number of piperidine rings is 1. The van der Waals surface area contributed by atoms with E-state index in [0.717, 1.165) is 5.56 Å². The minimum Gasteiger partial charge on any atom is -0.481 e. The van der Waals surface area contributed by atoms with Crippen molar-refractivity contribution in [3.8, 4) is 0 Å². The zero-order chi connectivity index (χ0) is 20.1. The fraction of sp³-hybridized carbons (Fsp3) is 0.550. The zero-order valence-electron chi connectivity index (χ0n) is 16.1. The molecule has 1 aromatic carbocycles. The number of hydrogen-bond donors (Lipinski definition) is 1. The third-order valence-corrected chi connectivity index (χ3v) is 4.40. The number of likely N-dealkylation sites (tertiary alicyclic amines) is 1. The molecule has 1 aliphatic heterocycles. The summed E-state index contributed by atoms with van der Waals surface area (Å²) in [5.41, 5.74) is -1.20. The Morgan fingerprint density at radius 1 is 1.19 bits per heavy atom. The number of benzene rings is 1. The molecule has 1 fully saturated rings. The van der Waals surface area contributed by atoms with E-state index in [1.807, 2.05) is 30.3 Å². The van der Waals surface area contributed by atoms with Gasteiger partial charge in [0, 0.05) is 13.1 Å². The van der Waals surface area contributed by atoms with Crippen molar-refractivity contribution in [2.24, 2.45) is 5.41 Å². The standard InChI is InChI=1S/C20H27NO6/c1-19(2,3)27-16(22)12-20(17(23)24)10-7-11-21(14-20)18(25)26-13-15-8-5-4-6-9-15/h4-6,8-9H,7,10-14H2,1-3H3,(H,23,24). The highest BCUT2D eigenvalue weighted by Crippen LogP contribution is 2.35. The number of hydrogen-bond acceptors (Lipinski definition) is 5. The molecule has 2 rings (SSSR count). The van der Waals surface area contributed by atoms with E-state index in [1.54, 1.807) is 20.8 Å². The average molecular weight is 377 g/mol. The highest BCUT2D eigenvalue weighted by Gasteiger charge is 2.46. The second-order valence-electron chi connectivity index (χ2n) is 7.91. The SMILES string of the molecule is CC(C)(C)OC(=O)CC1(C(=O)O)CCCN(C(=O)OCc2ccccc2)C1. The van der Waals surface area contributed by atoms with Gasteiger partial charge in [0.05, 0.1) is 11.8 Å². The smallest absolute Gasteiger partial charge is 0.410 e. The lowest BCUT2D eigenvalue weighted by Gasteiger charge is -2.39. The summed E-state index contributed by atoms with van der Waals surface area (Å²) in [6.07, 6.45) is -0.0601. The van der Waals surface area contributed by atoms with Gasteiger partial charge in [0.1, 0.15) is 12.2 Å². The van der Waals surface area contributed by atoms with Gasteiger partial charge in [0.2, 0.25) is 0 Å². The number of aliphatic carboxylic acids is 1. The maximum absolute atomic E-state index is 12.4. The number of ether oxygens (including phenoxy) is 2. The molecule has 1 unspecified atom stereocenters. The summed E-state index contributed by atoms with van der Waals surface area (Å²) in [6.45, 7) is 5.62. The van der Waals surface area contributed by atoms with Crippen molar-refractivity contribution in [1.29, 1.82) is 0 Å². The molecule has 0 aliphatic carbocycles. The summed E-state index contributed by atoms with van der Waals surface area (Å²) in [6, 6.07) is 9.25. The van der Waals surface area contributed by atoms with Gasteiger partial charge in [-0.2, -0.15) is 0 Å². The lowest BCUT2D eigenvalue weighted by atomic mass is 9.77. The summed E-state index contributed by atoms with van der Waals surface area (Å²) in [4.78, 5) is 37.9. The highest BCUT2D eigenvalue weighted by molar-refractivity contribution is 5.83. The Morgan fingerprint density at radius 3 is 2.44 bits per heavy atom. The normalized spacial score (nSPS) is 20.0. The van der Waals surface area contributed by atoms with E-state index in [4.69, 9.17) is 9.47 Å². The first kappa shape index (κ1) is 20.7. The van der Waals surface area contributed by atoms with Crippen molar-refractivity contribution in [1.82, 2.24) is 4.90 Å². The lowest BCUT2D eigenvalue weighted by molar-refractivity contribution is -0.167. The Bertz CT molecular complexity index is 681. The molecular weight excluding hydrogens is 350 g/mol. The topological polar surface area (TPSA) is 93.1 Å². The van der Waals surface area contributed by atoms with Gasteiger partial charge >= 0.3 is 18.0 Å². The minimum atomic E-state index is -1.35. The molecule has 7 nitrogen and oxygen atoms in total. The number of nitrogens with zero attached hydrogens (tertiary/aromatic N) is 1. The minimum absolute atomic E-state index is 0.0742. The van der Waals surface area contributed by atoms with Gasteiger partial charge in [-0.25, -0.2) is 4.79 Å². The molecule has 148 valence electrons. The maximum Gasteiger partial charge on any atom is 0.410 e. The second-order valence-corrected chi connectivity index (χ2v) is 7.91. The van der Waals surface area contributed by atoms with Gasteiger partial charge in [-0.1, -0.05) is 30.3 Å². The zero-order valence-corrected chi connectivity index (χ0v) is 16.1. The van der Waals surface area contributed by atoms with Crippen molar-refractivity contribution < 1.29 is 29.0 Å². The van der Waals surface area contributed by atoms with Gasteiger partial charge in [0.15, 0.2) is 0 Å². The largest absolute Gasteiger partial charge is 0.481 e. The van der Waals surface area contributed by atoms with Crippen LogP contribution in [0.3, 0.4) is 0 Å². The first-order valence-electron chi connectivity index (χ1n) is 9.02. The van der Waals surface area contributed by atoms with Crippen LogP contribution in [0.2, 0.25) is 0 Å². The Hall–Kier alpha value is -2.57. The number of amides is 1. The molecule has 1 aliphatic rings. The van der Waals surface area contributed by atoms with E-state index < -0.39 is 29.0 Å². The quantitative estimate of drug-likeness (QED) is 0.792. The fourth-order valence-electron chi connectivity index (χ4n) is 3.15. The number of rotatable bonds is 5. The average Bonchev–Trinajstić information content (AvgIpc) is 2.59. The number of esters is 1. The van der Waals surface area contributed by atoms with Crippen molar-refractivity contribution in [2.45, 2.75) is 52.2 Å². The van der Waals surface area contributed by atoms with Gasteiger partial charge in [-0.3, -0.25) is 9.59 Å². The molecule has 27 heavy (non-hydrogen) atoms. The molecule has 0 aromatic heterocycles. The van der Waals surface area contributed by atoms with Gasteiger partial charge in [-0.05, 0) is 39.2 Å². The third-order valence-electron chi connectivity index (χ3n) is 4.40. The predicted octanol–water partition coefficient (Wildman–Crippen LogP) is 3.22. The molecule has 7 heteroatoms. The van der Waals surface area contributed by atoms with Crippen LogP contribution in [0, 0.1) is 5.41 Å². The van der Waals surface area contributed by atoms with Crippen LogP contribution in [0.4, 0.5) is 4.79 Å². The molecular formula is C20H27NO6. The summed E-state index contributed by atoms with van der Waals surface area (Å²) in [5, 5.41) is 9.76. The predicted molar refractivity (Wildman–Crippen MR) is 98.0 cm³/mol. The van der Waals surface area contributed by atoms with E-state index in [1.165, 1.54) is 4.90 Å². The summed E-state index contributed by atoms with van der Waals surface area (Å²) in [5.74, 6) is -1.68. The van der Waals surface area contributed by atoms with Gasteiger partial charge in [0.25, 0.3) is 0 Å². The lowest BCUT2D eigenvalue weighted by Crippen LogP contribution is -2.51. The second kappa shape index (κ2) is 8.41. The Kier molecular flexibility index (Phi) is 6.46. The number of carbonyl (C=O) groups excluding carboxylic acids is 2. The molecule has 0 radical (unpaired) electrons. The van der Waals surface area contributed by atoms with E-state index in [2.05, 4.69) is 0 Å². The van der Waals surface area contributed by atoms with Crippen LogP contribution in [-0.4, -0.2) is 46.7 Å². The monoisotopic (exact) mass is 377 g/mol. The van der Waals surface area contributed by atoms with E-state index in [0.29, 0.717) is 19.4 Å². The van der Waals surface area contributed by atoms with Crippen LogP contribution in [0.5, 0.6) is 0 Å². The fourth-order valence-corrected chi connectivity index (χ4v) is 3.15. The summed E-state index contributed by atoms with van der Waals surface area (Å²) in [7, 11) is 0. The third kappa shape index (κ3) is 5.98. The Labute approximate surface area is 159 Å². The molecule has 0 spiro atoms. The first-order chi connectivity index (χ1) is 12.6. The van der Waals surface area contributed by atoms with Crippen molar-refractivity contribution in [3.63, 3.8) is 0 Å². The molecule has 1 amide bonds. The van der Waals surface area contributed by atoms with Crippen molar-refractivity contribution in [3.05, 3.63) is 35.9 Å². The molecule has 0 bridgehead atoms. The summed E-state index contributed by atoms with van der Waals surface area (Å²) < 4.78 is 10.6. The number of carboxylic acids is 1. The van der Waals surface area contributed by atoms with Crippen molar-refractivity contribution >= 4 is 18.0 Å². The first-order valence-corrected chi connectivity index (χ1v) is 9.02. The van der Waals surface area contributed by atoms with E-state index in [9.17, 15) is 19.5 Å². The van der Waals surface area contributed by atoms with E-state index in [-0.39, 0.29) is 19.6 Å².